The SMILES string of the molecule is COc1ccc([C@@H]2C(C(=O)Nc3nc4ccccc4s3)=C(C)NC3=C2C(=O)CC(C)(C)C3)c(OC)c1. The highest BCUT2D eigenvalue weighted by Crippen LogP contribution is 2.49. The van der Waals surface area contributed by atoms with E-state index in [0.717, 1.165) is 21.5 Å². The van der Waals surface area contributed by atoms with E-state index in [1.54, 1.807) is 20.3 Å². The third kappa shape index (κ3) is 4.26. The van der Waals surface area contributed by atoms with Crippen LogP contribution < -0.4 is 20.1 Å². The minimum absolute atomic E-state index is 0.0365. The number of benzene rings is 2. The summed E-state index contributed by atoms with van der Waals surface area (Å²) in [6.07, 6.45) is 1.13. The number of carbonyl (C=O) groups is 2. The number of ether oxygens (including phenoxy) is 2. The van der Waals surface area contributed by atoms with Crippen LogP contribution in [-0.2, 0) is 9.59 Å². The molecule has 1 aliphatic heterocycles. The van der Waals surface area contributed by atoms with Gasteiger partial charge in [0.1, 0.15) is 11.5 Å². The standard InChI is InChI=1S/C28H29N3O4S/c1-15-23(26(33)31-27-30-18-8-6-7-9-22(18)36-27)24(17-11-10-16(34-4)12-21(17)35-5)25-19(29-15)13-28(2,3)14-20(25)32/h6-12,24,29H,13-14H2,1-5H3,(H,30,31,33)/t24-/m1/s1. The van der Waals surface area contributed by atoms with Crippen molar-refractivity contribution in [1.29, 1.82) is 0 Å². The van der Waals surface area contributed by atoms with Crippen LogP contribution in [0.25, 0.3) is 10.2 Å². The van der Waals surface area contributed by atoms with E-state index >= 15 is 0 Å². The fourth-order valence-electron chi connectivity index (χ4n) is 5.20. The van der Waals surface area contributed by atoms with Crippen LogP contribution in [0.4, 0.5) is 5.13 Å². The maximum Gasteiger partial charge on any atom is 0.256 e. The zero-order valence-corrected chi connectivity index (χ0v) is 21.8. The van der Waals surface area contributed by atoms with Crippen LogP contribution >= 0.6 is 11.3 Å². The van der Waals surface area contributed by atoms with Crippen molar-refractivity contribution in [3.8, 4) is 11.5 Å². The van der Waals surface area contributed by atoms with Crippen molar-refractivity contribution >= 4 is 38.4 Å². The first-order valence-corrected chi connectivity index (χ1v) is 12.7. The average Bonchev–Trinajstić information content (AvgIpc) is 3.24. The van der Waals surface area contributed by atoms with Gasteiger partial charge in [0.15, 0.2) is 10.9 Å². The number of amides is 1. The number of rotatable bonds is 5. The third-order valence-corrected chi connectivity index (χ3v) is 7.70. The number of methoxy groups -OCH3 is 2. The summed E-state index contributed by atoms with van der Waals surface area (Å²) in [5, 5.41) is 6.90. The van der Waals surface area contributed by atoms with E-state index in [1.807, 2.05) is 43.3 Å². The van der Waals surface area contributed by atoms with Gasteiger partial charge < -0.3 is 14.8 Å². The summed E-state index contributed by atoms with van der Waals surface area (Å²) in [7, 11) is 3.17. The maximum absolute atomic E-state index is 13.8. The van der Waals surface area contributed by atoms with E-state index in [1.165, 1.54) is 11.3 Å². The van der Waals surface area contributed by atoms with E-state index in [0.29, 0.717) is 46.3 Å². The molecule has 0 unspecified atom stereocenters. The number of thiazole rings is 1. The highest BCUT2D eigenvalue weighted by atomic mass is 32.1. The molecule has 2 aromatic carbocycles. The Balaban J connectivity index is 1.62. The van der Waals surface area contributed by atoms with Crippen LogP contribution in [0, 0.1) is 5.41 Å². The fraction of sp³-hybridized carbons (Fsp3) is 0.321. The van der Waals surface area contributed by atoms with E-state index in [4.69, 9.17) is 9.47 Å². The summed E-state index contributed by atoms with van der Waals surface area (Å²) < 4.78 is 12.1. The minimum atomic E-state index is -0.583. The highest BCUT2D eigenvalue weighted by molar-refractivity contribution is 7.22. The third-order valence-electron chi connectivity index (χ3n) is 6.75. The van der Waals surface area contributed by atoms with Crippen molar-refractivity contribution in [2.45, 2.75) is 39.5 Å². The van der Waals surface area contributed by atoms with Gasteiger partial charge in [-0.3, -0.25) is 14.9 Å². The van der Waals surface area contributed by atoms with E-state index in [9.17, 15) is 9.59 Å². The van der Waals surface area contributed by atoms with Gasteiger partial charge in [-0.15, -0.1) is 0 Å². The zero-order valence-electron chi connectivity index (χ0n) is 21.0. The van der Waals surface area contributed by atoms with Gasteiger partial charge in [0.25, 0.3) is 5.91 Å². The van der Waals surface area contributed by atoms with Crippen LogP contribution in [0.2, 0.25) is 0 Å². The molecule has 0 radical (unpaired) electrons. The smallest absolute Gasteiger partial charge is 0.256 e. The van der Waals surface area contributed by atoms with Crippen molar-refractivity contribution in [2.75, 3.05) is 19.5 Å². The monoisotopic (exact) mass is 503 g/mol. The molecule has 1 atom stereocenters. The summed E-state index contributed by atoms with van der Waals surface area (Å²) in [5.74, 6) is 0.348. The number of nitrogens with zero attached hydrogens (tertiary/aromatic N) is 1. The van der Waals surface area contributed by atoms with Crippen molar-refractivity contribution in [3.63, 3.8) is 0 Å². The first-order chi connectivity index (χ1) is 17.2. The number of fused-ring (bicyclic) bond motifs is 1. The molecule has 5 rings (SSSR count). The number of ketones is 1. The Morgan fingerprint density at radius 2 is 1.92 bits per heavy atom. The summed E-state index contributed by atoms with van der Waals surface area (Å²) in [6, 6.07) is 13.2. The Morgan fingerprint density at radius 1 is 1.14 bits per heavy atom. The van der Waals surface area contributed by atoms with E-state index in [2.05, 4.69) is 29.5 Å². The number of nitrogens with one attached hydrogen (secondary N) is 2. The molecule has 2 N–H and O–H groups in total. The van der Waals surface area contributed by atoms with Crippen molar-refractivity contribution in [3.05, 3.63) is 70.6 Å². The van der Waals surface area contributed by atoms with Crippen molar-refractivity contribution in [2.24, 2.45) is 5.41 Å². The predicted octanol–water partition coefficient (Wildman–Crippen LogP) is 5.56. The molecule has 2 aliphatic rings. The maximum atomic E-state index is 13.8. The van der Waals surface area contributed by atoms with Gasteiger partial charge in [-0.1, -0.05) is 43.4 Å². The van der Waals surface area contributed by atoms with Crippen LogP contribution in [0.15, 0.2) is 65.0 Å². The molecule has 0 saturated carbocycles. The lowest BCUT2D eigenvalue weighted by Gasteiger charge is -2.39. The highest BCUT2D eigenvalue weighted by Gasteiger charge is 2.43. The van der Waals surface area contributed by atoms with Crippen LogP contribution in [-0.4, -0.2) is 30.9 Å². The Morgan fingerprint density at radius 3 is 2.64 bits per heavy atom. The second kappa shape index (κ2) is 9.09. The van der Waals surface area contributed by atoms with Crippen LogP contribution in [0.3, 0.4) is 0 Å². The Hall–Kier alpha value is -3.65. The summed E-state index contributed by atoms with van der Waals surface area (Å²) in [4.78, 5) is 32.0. The predicted molar refractivity (Wildman–Crippen MR) is 141 cm³/mol. The van der Waals surface area contributed by atoms with E-state index < -0.39 is 5.92 Å². The quantitative estimate of drug-likeness (QED) is 0.474. The number of aromatic nitrogens is 1. The number of allylic oxidation sites excluding steroid dienone is 3. The molecule has 36 heavy (non-hydrogen) atoms. The number of hydrogen-bond acceptors (Lipinski definition) is 7. The molecule has 0 bridgehead atoms. The number of anilines is 1. The topological polar surface area (TPSA) is 89.5 Å². The normalized spacial score (nSPS) is 19.1. The molecule has 1 aliphatic carbocycles. The molecule has 3 aromatic rings. The molecule has 8 heteroatoms. The first kappa shape index (κ1) is 24.1. The number of para-hydroxylation sites is 1. The van der Waals surface area contributed by atoms with Gasteiger partial charge >= 0.3 is 0 Å². The molecular weight excluding hydrogens is 474 g/mol. The molecule has 1 aromatic heterocycles. The first-order valence-electron chi connectivity index (χ1n) is 11.8. The van der Waals surface area contributed by atoms with Gasteiger partial charge in [0.05, 0.1) is 30.4 Å². The summed E-state index contributed by atoms with van der Waals surface area (Å²) in [6.45, 7) is 6.06. The number of Topliss-reactive ketones (excluding diaryl/α,β-unsaturated/α-hetero) is 1. The molecular formula is C28H29N3O4S. The summed E-state index contributed by atoms with van der Waals surface area (Å²) in [5.41, 5.74) is 4.08. The Bertz CT molecular complexity index is 1420. The van der Waals surface area contributed by atoms with Gasteiger partial charge in [-0.05, 0) is 37.0 Å². The number of hydrogen-bond donors (Lipinski definition) is 2. The van der Waals surface area contributed by atoms with Gasteiger partial charge in [0, 0.05) is 40.6 Å². The van der Waals surface area contributed by atoms with Crippen LogP contribution in [0.5, 0.6) is 11.5 Å². The van der Waals surface area contributed by atoms with E-state index in [-0.39, 0.29) is 17.1 Å². The Labute approximate surface area is 214 Å². The molecule has 0 spiro atoms. The van der Waals surface area contributed by atoms with Gasteiger partial charge in [-0.2, -0.15) is 0 Å². The number of carbonyl (C=O) groups excluding carboxylic acids is 2. The lowest BCUT2D eigenvalue weighted by Crippen LogP contribution is -2.39. The largest absolute Gasteiger partial charge is 0.497 e. The molecule has 2 heterocycles. The number of dihydropyridines is 1. The lowest BCUT2D eigenvalue weighted by molar-refractivity contribution is -0.118. The minimum Gasteiger partial charge on any atom is -0.497 e. The van der Waals surface area contributed by atoms with Gasteiger partial charge in [-0.25, -0.2) is 4.98 Å². The lowest BCUT2D eigenvalue weighted by atomic mass is 9.68. The molecule has 1 amide bonds. The van der Waals surface area contributed by atoms with Crippen molar-refractivity contribution in [1.82, 2.24) is 10.3 Å². The molecule has 186 valence electrons. The molecule has 7 nitrogen and oxygen atoms in total. The second-order valence-corrected chi connectivity index (χ2v) is 11.0. The fourth-order valence-corrected chi connectivity index (χ4v) is 6.06. The van der Waals surface area contributed by atoms with Gasteiger partial charge in [0.2, 0.25) is 0 Å². The summed E-state index contributed by atoms with van der Waals surface area (Å²) >= 11 is 1.42. The van der Waals surface area contributed by atoms with Crippen LogP contribution in [0.1, 0.15) is 45.1 Å². The second-order valence-electron chi connectivity index (χ2n) is 9.98. The molecule has 0 fully saturated rings. The average molecular weight is 504 g/mol. The zero-order chi connectivity index (χ0) is 25.6. The molecule has 0 saturated heterocycles. The Kier molecular flexibility index (Phi) is 6.08. The van der Waals surface area contributed by atoms with Crippen molar-refractivity contribution < 1.29 is 19.1 Å².